The molecule has 3 nitrogen and oxygen atoms in total. The predicted octanol–water partition coefficient (Wildman–Crippen LogP) is 3.95. The van der Waals surface area contributed by atoms with Gasteiger partial charge in [-0.1, -0.05) is 25.1 Å². The Hall–Kier alpha value is -1.32. The number of benzene rings is 1. The SMILES string of the molecule is CCc1c(C(C)NC2CCC(O)CC2)oc2ccccc12. The molecule has 114 valence electrons. The van der Waals surface area contributed by atoms with Crippen molar-refractivity contribution in [3.63, 3.8) is 0 Å². The van der Waals surface area contributed by atoms with Crippen LogP contribution in [-0.2, 0) is 6.42 Å². The number of furan rings is 1. The minimum atomic E-state index is -0.101. The first-order chi connectivity index (χ1) is 10.2. The second-order valence-electron chi connectivity index (χ2n) is 6.19. The van der Waals surface area contributed by atoms with Crippen LogP contribution in [0.4, 0.5) is 0 Å². The third-order valence-corrected chi connectivity index (χ3v) is 4.66. The van der Waals surface area contributed by atoms with Gasteiger partial charge in [0, 0.05) is 17.0 Å². The van der Waals surface area contributed by atoms with Gasteiger partial charge < -0.3 is 14.8 Å². The number of hydrogen-bond acceptors (Lipinski definition) is 3. The summed E-state index contributed by atoms with van der Waals surface area (Å²) in [4.78, 5) is 0. The summed E-state index contributed by atoms with van der Waals surface area (Å²) in [6.45, 7) is 4.37. The van der Waals surface area contributed by atoms with E-state index in [1.807, 2.05) is 12.1 Å². The highest BCUT2D eigenvalue weighted by Gasteiger charge is 2.24. The molecule has 1 atom stereocenters. The molecule has 1 heterocycles. The summed E-state index contributed by atoms with van der Waals surface area (Å²) in [7, 11) is 0. The molecule has 0 spiro atoms. The van der Waals surface area contributed by atoms with Crippen molar-refractivity contribution in [2.75, 3.05) is 0 Å². The Morgan fingerprint density at radius 3 is 2.67 bits per heavy atom. The molecule has 0 saturated heterocycles. The fourth-order valence-electron chi connectivity index (χ4n) is 3.50. The van der Waals surface area contributed by atoms with E-state index in [0.717, 1.165) is 43.4 Å². The summed E-state index contributed by atoms with van der Waals surface area (Å²) in [6, 6.07) is 8.98. The molecule has 1 aromatic heterocycles. The zero-order chi connectivity index (χ0) is 14.8. The maximum atomic E-state index is 9.61. The monoisotopic (exact) mass is 287 g/mol. The number of aliphatic hydroxyl groups excluding tert-OH is 1. The van der Waals surface area contributed by atoms with Gasteiger partial charge in [-0.3, -0.25) is 0 Å². The minimum Gasteiger partial charge on any atom is -0.459 e. The standard InChI is InChI=1S/C18H25NO2/c1-3-15-16-6-4-5-7-17(16)21-18(15)12(2)19-13-8-10-14(20)11-9-13/h4-7,12-14,19-20H,3,8-11H2,1-2H3. The lowest BCUT2D eigenvalue weighted by molar-refractivity contribution is 0.114. The molecule has 1 unspecified atom stereocenters. The van der Waals surface area contributed by atoms with Crippen molar-refractivity contribution < 1.29 is 9.52 Å². The predicted molar refractivity (Wildman–Crippen MR) is 85.4 cm³/mol. The lowest BCUT2D eigenvalue weighted by Crippen LogP contribution is -2.36. The van der Waals surface area contributed by atoms with Gasteiger partial charge in [-0.05, 0) is 45.1 Å². The summed E-state index contributed by atoms with van der Waals surface area (Å²) in [6.07, 6.45) is 4.80. The second-order valence-corrected chi connectivity index (χ2v) is 6.19. The number of rotatable bonds is 4. The van der Waals surface area contributed by atoms with Crippen molar-refractivity contribution in [3.8, 4) is 0 Å². The van der Waals surface area contributed by atoms with Crippen LogP contribution in [0.5, 0.6) is 0 Å². The highest BCUT2D eigenvalue weighted by molar-refractivity contribution is 5.82. The molecule has 0 amide bonds. The molecule has 1 fully saturated rings. The Balaban J connectivity index is 1.79. The summed E-state index contributed by atoms with van der Waals surface area (Å²) >= 11 is 0. The van der Waals surface area contributed by atoms with Crippen molar-refractivity contribution in [1.82, 2.24) is 5.32 Å². The van der Waals surface area contributed by atoms with E-state index in [1.165, 1.54) is 10.9 Å². The first kappa shape index (κ1) is 14.6. The molecule has 1 aliphatic carbocycles. The van der Waals surface area contributed by atoms with Gasteiger partial charge in [0.05, 0.1) is 12.1 Å². The summed E-state index contributed by atoms with van der Waals surface area (Å²) < 4.78 is 6.10. The van der Waals surface area contributed by atoms with E-state index < -0.39 is 0 Å². The average molecular weight is 287 g/mol. The van der Waals surface area contributed by atoms with Gasteiger partial charge in [-0.25, -0.2) is 0 Å². The van der Waals surface area contributed by atoms with Gasteiger partial charge in [-0.15, -0.1) is 0 Å². The first-order valence-electron chi connectivity index (χ1n) is 8.13. The fraction of sp³-hybridized carbons (Fsp3) is 0.556. The largest absolute Gasteiger partial charge is 0.459 e. The van der Waals surface area contributed by atoms with Crippen LogP contribution in [0.3, 0.4) is 0 Å². The molecule has 3 heteroatoms. The number of aryl methyl sites for hydroxylation is 1. The van der Waals surface area contributed by atoms with Crippen LogP contribution in [-0.4, -0.2) is 17.3 Å². The summed E-state index contributed by atoms with van der Waals surface area (Å²) in [5.41, 5.74) is 2.30. The average Bonchev–Trinajstić information content (AvgIpc) is 2.88. The van der Waals surface area contributed by atoms with Crippen molar-refractivity contribution >= 4 is 11.0 Å². The van der Waals surface area contributed by atoms with E-state index in [0.29, 0.717) is 6.04 Å². The normalized spacial score (nSPS) is 24.3. The van der Waals surface area contributed by atoms with Crippen LogP contribution < -0.4 is 5.32 Å². The van der Waals surface area contributed by atoms with Crippen molar-refractivity contribution in [3.05, 3.63) is 35.6 Å². The summed E-state index contributed by atoms with van der Waals surface area (Å²) in [5, 5.41) is 14.5. The Morgan fingerprint density at radius 1 is 1.24 bits per heavy atom. The third-order valence-electron chi connectivity index (χ3n) is 4.66. The molecule has 3 rings (SSSR count). The lowest BCUT2D eigenvalue weighted by Gasteiger charge is -2.28. The Labute approximate surface area is 126 Å². The number of para-hydroxylation sites is 1. The van der Waals surface area contributed by atoms with Crippen LogP contribution in [0, 0.1) is 0 Å². The van der Waals surface area contributed by atoms with Gasteiger partial charge in [0.1, 0.15) is 11.3 Å². The number of fused-ring (bicyclic) bond motifs is 1. The van der Waals surface area contributed by atoms with Crippen LogP contribution >= 0.6 is 0 Å². The van der Waals surface area contributed by atoms with Gasteiger partial charge in [0.15, 0.2) is 0 Å². The van der Waals surface area contributed by atoms with Gasteiger partial charge in [0.2, 0.25) is 0 Å². The van der Waals surface area contributed by atoms with Gasteiger partial charge in [0.25, 0.3) is 0 Å². The van der Waals surface area contributed by atoms with Gasteiger partial charge in [-0.2, -0.15) is 0 Å². The highest BCUT2D eigenvalue weighted by atomic mass is 16.3. The Bertz CT molecular complexity index is 596. The smallest absolute Gasteiger partial charge is 0.134 e. The van der Waals surface area contributed by atoms with Crippen molar-refractivity contribution in [2.24, 2.45) is 0 Å². The Morgan fingerprint density at radius 2 is 1.95 bits per heavy atom. The zero-order valence-electron chi connectivity index (χ0n) is 12.9. The van der Waals surface area contributed by atoms with Gasteiger partial charge >= 0.3 is 0 Å². The van der Waals surface area contributed by atoms with E-state index in [1.54, 1.807) is 0 Å². The van der Waals surface area contributed by atoms with Crippen LogP contribution in [0.2, 0.25) is 0 Å². The molecule has 21 heavy (non-hydrogen) atoms. The molecule has 2 aromatic rings. The van der Waals surface area contributed by atoms with E-state index in [-0.39, 0.29) is 12.1 Å². The van der Waals surface area contributed by atoms with Crippen molar-refractivity contribution in [1.29, 1.82) is 0 Å². The van der Waals surface area contributed by atoms with E-state index in [2.05, 4.69) is 31.3 Å². The van der Waals surface area contributed by atoms with E-state index >= 15 is 0 Å². The molecule has 1 aromatic carbocycles. The number of nitrogens with one attached hydrogen (secondary N) is 1. The molecule has 0 aliphatic heterocycles. The van der Waals surface area contributed by atoms with Crippen LogP contribution in [0.1, 0.15) is 56.9 Å². The molecule has 2 N–H and O–H groups in total. The Kier molecular flexibility index (Phi) is 4.32. The number of hydrogen-bond donors (Lipinski definition) is 2. The molecule has 0 bridgehead atoms. The molecule has 1 saturated carbocycles. The quantitative estimate of drug-likeness (QED) is 0.895. The minimum absolute atomic E-state index is 0.101. The van der Waals surface area contributed by atoms with E-state index in [4.69, 9.17) is 4.42 Å². The zero-order valence-corrected chi connectivity index (χ0v) is 12.9. The fourth-order valence-corrected chi connectivity index (χ4v) is 3.50. The van der Waals surface area contributed by atoms with Crippen LogP contribution in [0.25, 0.3) is 11.0 Å². The van der Waals surface area contributed by atoms with Crippen LogP contribution in [0.15, 0.2) is 28.7 Å². The number of aliphatic hydroxyl groups is 1. The molecule has 0 radical (unpaired) electrons. The summed E-state index contributed by atoms with van der Waals surface area (Å²) in [5.74, 6) is 1.07. The highest BCUT2D eigenvalue weighted by Crippen LogP contribution is 2.31. The second kappa shape index (κ2) is 6.20. The van der Waals surface area contributed by atoms with E-state index in [9.17, 15) is 5.11 Å². The first-order valence-corrected chi connectivity index (χ1v) is 8.13. The molecule has 1 aliphatic rings. The molecular formula is C18H25NO2. The third kappa shape index (κ3) is 2.99. The molecular weight excluding hydrogens is 262 g/mol. The maximum absolute atomic E-state index is 9.61. The maximum Gasteiger partial charge on any atom is 0.134 e. The lowest BCUT2D eigenvalue weighted by atomic mass is 9.92. The van der Waals surface area contributed by atoms with Crippen molar-refractivity contribution in [2.45, 2.75) is 64.1 Å². The topological polar surface area (TPSA) is 45.4 Å².